The fraction of sp³-hybridized carbons (Fsp3) is 0.318. The average molecular weight is 354 g/mol. The summed E-state index contributed by atoms with van der Waals surface area (Å²) in [5.41, 5.74) is 4.64. The number of ether oxygens (including phenoxy) is 1. The summed E-state index contributed by atoms with van der Waals surface area (Å²) in [4.78, 5) is 4.82. The molecular weight excluding hydrogens is 330 g/mol. The normalized spacial score (nSPS) is 16.8. The summed E-state index contributed by atoms with van der Waals surface area (Å²) in [6, 6.07) is 14.4. The quantitative estimate of drug-likeness (QED) is 0.663. The minimum absolute atomic E-state index is 0.276. The van der Waals surface area contributed by atoms with Crippen molar-refractivity contribution in [1.82, 2.24) is 0 Å². The van der Waals surface area contributed by atoms with E-state index in [1.807, 2.05) is 30.3 Å². The van der Waals surface area contributed by atoms with Gasteiger partial charge in [0.05, 0.1) is 18.4 Å². The molecule has 2 nitrogen and oxygen atoms in total. The van der Waals surface area contributed by atoms with Crippen molar-refractivity contribution in [2.75, 3.05) is 6.61 Å². The van der Waals surface area contributed by atoms with E-state index in [9.17, 15) is 0 Å². The van der Waals surface area contributed by atoms with E-state index in [4.69, 9.17) is 21.3 Å². The molecule has 0 N–H and O–H groups in total. The topological polar surface area (TPSA) is 21.6 Å². The molecule has 0 saturated carbocycles. The molecule has 1 aliphatic rings. The third kappa shape index (κ3) is 4.73. The summed E-state index contributed by atoms with van der Waals surface area (Å²) in [6.07, 6.45) is 5.12. The number of benzene rings is 2. The maximum Gasteiger partial charge on any atom is 0.119 e. The molecule has 2 aromatic rings. The molecule has 130 valence electrons. The van der Waals surface area contributed by atoms with Crippen molar-refractivity contribution in [1.29, 1.82) is 0 Å². The zero-order chi connectivity index (χ0) is 17.8. The minimum Gasteiger partial charge on any atom is -0.493 e. The van der Waals surface area contributed by atoms with E-state index in [1.165, 1.54) is 11.1 Å². The lowest BCUT2D eigenvalue weighted by molar-refractivity contribution is 0.271. The van der Waals surface area contributed by atoms with E-state index in [0.29, 0.717) is 5.92 Å². The maximum atomic E-state index is 5.95. The first-order valence-corrected chi connectivity index (χ1v) is 9.16. The van der Waals surface area contributed by atoms with E-state index >= 15 is 0 Å². The second-order valence-electron chi connectivity index (χ2n) is 6.98. The number of hydrogen-bond donors (Lipinski definition) is 0. The predicted octanol–water partition coefficient (Wildman–Crippen LogP) is 5.82. The van der Waals surface area contributed by atoms with Crippen LogP contribution in [0.4, 0.5) is 0 Å². The molecule has 1 aliphatic heterocycles. The Balaban J connectivity index is 1.83. The number of allylic oxidation sites excluding steroid dienone is 1. The maximum absolute atomic E-state index is 5.95. The van der Waals surface area contributed by atoms with E-state index in [2.05, 4.69) is 45.1 Å². The number of rotatable bonds is 5. The number of halogens is 1. The Kier molecular flexibility index (Phi) is 5.60. The Morgan fingerprint density at radius 3 is 2.64 bits per heavy atom. The van der Waals surface area contributed by atoms with Crippen LogP contribution >= 0.6 is 11.6 Å². The molecule has 0 aliphatic carbocycles. The average Bonchev–Trinajstić information content (AvgIpc) is 2.58. The van der Waals surface area contributed by atoms with Crippen LogP contribution in [0.1, 0.15) is 37.5 Å². The summed E-state index contributed by atoms with van der Waals surface area (Å²) in [6.45, 7) is 7.21. The molecule has 0 spiro atoms. The van der Waals surface area contributed by atoms with Gasteiger partial charge in [-0.1, -0.05) is 43.7 Å². The SMILES string of the molecule is CC(C)COc1ccc2c(c1)CC(C)N=C2/C=C/c1ccc(Cl)cc1. The molecule has 2 aromatic carbocycles. The van der Waals surface area contributed by atoms with Crippen LogP contribution in [0.15, 0.2) is 53.5 Å². The molecule has 1 atom stereocenters. The summed E-state index contributed by atoms with van der Waals surface area (Å²) in [7, 11) is 0. The zero-order valence-corrected chi connectivity index (χ0v) is 15.8. The number of fused-ring (bicyclic) bond motifs is 1. The van der Waals surface area contributed by atoms with Crippen molar-refractivity contribution in [3.05, 3.63) is 70.3 Å². The standard InChI is InChI=1S/C22H24ClNO/c1-15(2)14-25-20-9-10-21-18(13-20)12-16(3)24-22(21)11-6-17-4-7-19(23)8-5-17/h4-11,13,15-16H,12,14H2,1-3H3/b11-6+. The summed E-state index contributed by atoms with van der Waals surface area (Å²) >= 11 is 5.95. The number of nitrogens with zero attached hydrogens (tertiary/aromatic N) is 1. The van der Waals surface area contributed by atoms with Gasteiger partial charge in [-0.25, -0.2) is 0 Å². The van der Waals surface area contributed by atoms with Gasteiger partial charge in [0.25, 0.3) is 0 Å². The van der Waals surface area contributed by atoms with Gasteiger partial charge in [0.1, 0.15) is 5.75 Å². The second-order valence-corrected chi connectivity index (χ2v) is 7.41. The summed E-state index contributed by atoms with van der Waals surface area (Å²) in [5.74, 6) is 1.47. The van der Waals surface area contributed by atoms with Gasteiger partial charge in [0.2, 0.25) is 0 Å². The van der Waals surface area contributed by atoms with E-state index < -0.39 is 0 Å². The summed E-state index contributed by atoms with van der Waals surface area (Å²) in [5, 5.41) is 0.750. The van der Waals surface area contributed by atoms with Crippen molar-refractivity contribution in [3.8, 4) is 5.75 Å². The molecule has 0 saturated heterocycles. The fourth-order valence-electron chi connectivity index (χ4n) is 2.89. The highest BCUT2D eigenvalue weighted by Crippen LogP contribution is 2.26. The van der Waals surface area contributed by atoms with Crippen molar-refractivity contribution >= 4 is 23.4 Å². The molecule has 3 heteroatoms. The van der Waals surface area contributed by atoms with Crippen molar-refractivity contribution in [3.63, 3.8) is 0 Å². The molecule has 0 radical (unpaired) electrons. The van der Waals surface area contributed by atoms with Crippen LogP contribution in [0.5, 0.6) is 5.75 Å². The fourth-order valence-corrected chi connectivity index (χ4v) is 3.02. The van der Waals surface area contributed by atoms with Gasteiger partial charge in [-0.3, -0.25) is 4.99 Å². The van der Waals surface area contributed by atoms with E-state index in [1.54, 1.807) is 0 Å². The van der Waals surface area contributed by atoms with Crippen LogP contribution in [0.2, 0.25) is 5.02 Å². The molecule has 3 rings (SSSR count). The smallest absolute Gasteiger partial charge is 0.119 e. The highest BCUT2D eigenvalue weighted by Gasteiger charge is 2.17. The molecule has 0 bridgehead atoms. The van der Waals surface area contributed by atoms with Gasteiger partial charge in [0, 0.05) is 10.6 Å². The van der Waals surface area contributed by atoms with Gasteiger partial charge >= 0.3 is 0 Å². The first kappa shape index (κ1) is 17.8. The van der Waals surface area contributed by atoms with Crippen LogP contribution in [0, 0.1) is 5.92 Å². The predicted molar refractivity (Wildman–Crippen MR) is 107 cm³/mol. The molecule has 1 heterocycles. The zero-order valence-electron chi connectivity index (χ0n) is 15.0. The first-order valence-electron chi connectivity index (χ1n) is 8.79. The van der Waals surface area contributed by atoms with Gasteiger partial charge in [0.15, 0.2) is 0 Å². The number of aliphatic imine (C=N–C) groups is 1. The lowest BCUT2D eigenvalue weighted by atomic mass is 9.93. The van der Waals surface area contributed by atoms with Gasteiger partial charge in [-0.05, 0) is 66.8 Å². The van der Waals surface area contributed by atoms with Gasteiger partial charge in [-0.2, -0.15) is 0 Å². The summed E-state index contributed by atoms with van der Waals surface area (Å²) < 4.78 is 5.87. The Morgan fingerprint density at radius 1 is 1.16 bits per heavy atom. The highest BCUT2D eigenvalue weighted by molar-refractivity contribution is 6.30. The van der Waals surface area contributed by atoms with Gasteiger partial charge < -0.3 is 4.74 Å². The first-order chi connectivity index (χ1) is 12.0. The Labute approximate surface area is 155 Å². The molecule has 0 amide bonds. The van der Waals surface area contributed by atoms with Crippen molar-refractivity contribution in [2.45, 2.75) is 33.2 Å². The Hall–Kier alpha value is -2.06. The molecule has 0 fully saturated rings. The lowest BCUT2D eigenvalue weighted by Crippen LogP contribution is -2.17. The van der Waals surface area contributed by atoms with Crippen LogP contribution in [0.3, 0.4) is 0 Å². The molecule has 0 aromatic heterocycles. The Bertz CT molecular complexity index is 790. The Morgan fingerprint density at radius 2 is 1.92 bits per heavy atom. The monoisotopic (exact) mass is 353 g/mol. The minimum atomic E-state index is 0.276. The van der Waals surface area contributed by atoms with Gasteiger partial charge in [-0.15, -0.1) is 0 Å². The van der Waals surface area contributed by atoms with Crippen molar-refractivity contribution in [2.24, 2.45) is 10.9 Å². The lowest BCUT2D eigenvalue weighted by Gasteiger charge is -2.21. The third-order valence-electron chi connectivity index (χ3n) is 4.11. The second kappa shape index (κ2) is 7.88. The third-order valence-corrected chi connectivity index (χ3v) is 4.37. The van der Waals surface area contributed by atoms with E-state index in [-0.39, 0.29) is 6.04 Å². The van der Waals surface area contributed by atoms with Crippen molar-refractivity contribution < 1.29 is 4.74 Å². The molecular formula is C22H24ClNO. The van der Waals surface area contributed by atoms with Crippen LogP contribution < -0.4 is 4.74 Å². The van der Waals surface area contributed by atoms with Crippen LogP contribution in [-0.4, -0.2) is 18.4 Å². The molecule has 1 unspecified atom stereocenters. The highest BCUT2D eigenvalue weighted by atomic mass is 35.5. The number of hydrogen-bond acceptors (Lipinski definition) is 2. The van der Waals surface area contributed by atoms with Crippen LogP contribution in [-0.2, 0) is 6.42 Å². The largest absolute Gasteiger partial charge is 0.493 e. The van der Waals surface area contributed by atoms with Crippen LogP contribution in [0.25, 0.3) is 6.08 Å². The molecule has 25 heavy (non-hydrogen) atoms. The van der Waals surface area contributed by atoms with E-state index in [0.717, 1.165) is 35.1 Å².